The van der Waals surface area contributed by atoms with Crippen LogP contribution in [0.5, 0.6) is 5.75 Å². The third kappa shape index (κ3) is 3.53. The van der Waals surface area contributed by atoms with E-state index in [1.54, 1.807) is 31.0 Å². The van der Waals surface area contributed by atoms with Crippen LogP contribution in [0.15, 0.2) is 53.7 Å². The molecular weight excluding hydrogens is 313 g/mol. The molecule has 0 atom stereocenters. The molecule has 6 heteroatoms. The van der Waals surface area contributed by atoms with Gasteiger partial charge in [0.05, 0.1) is 7.11 Å². The van der Waals surface area contributed by atoms with Gasteiger partial charge in [-0.25, -0.2) is 4.39 Å². The van der Waals surface area contributed by atoms with Crippen LogP contribution in [0.1, 0.15) is 5.56 Å². The Hall–Kier alpha value is -2.34. The second-order valence-corrected chi connectivity index (χ2v) is 5.95. The topological polar surface area (TPSA) is 39.9 Å². The van der Waals surface area contributed by atoms with Gasteiger partial charge in [-0.3, -0.25) is 0 Å². The summed E-state index contributed by atoms with van der Waals surface area (Å²) in [6.07, 6.45) is 0. The highest BCUT2D eigenvalue weighted by Gasteiger charge is 2.11. The SMILES string of the molecule is COc1ccc(CSc2nnc(-c3ccc(F)cc3)n2C)cc1. The van der Waals surface area contributed by atoms with Crippen molar-refractivity contribution >= 4 is 11.8 Å². The Morgan fingerprint density at radius 2 is 1.74 bits per heavy atom. The zero-order valence-corrected chi connectivity index (χ0v) is 13.7. The molecule has 0 spiro atoms. The number of rotatable bonds is 5. The first-order valence-electron chi connectivity index (χ1n) is 7.08. The average Bonchev–Trinajstić information content (AvgIpc) is 2.95. The predicted octanol–water partition coefficient (Wildman–Crippen LogP) is 3.92. The van der Waals surface area contributed by atoms with E-state index in [1.807, 2.05) is 35.9 Å². The second kappa shape index (κ2) is 6.83. The Kier molecular flexibility index (Phi) is 4.62. The molecule has 4 nitrogen and oxygen atoms in total. The van der Waals surface area contributed by atoms with Gasteiger partial charge in [0.25, 0.3) is 0 Å². The molecule has 0 fully saturated rings. The van der Waals surface area contributed by atoms with Gasteiger partial charge in [0, 0.05) is 18.4 Å². The summed E-state index contributed by atoms with van der Waals surface area (Å²) in [5.74, 6) is 2.10. The fraction of sp³-hybridized carbons (Fsp3) is 0.176. The van der Waals surface area contributed by atoms with E-state index in [0.717, 1.165) is 28.0 Å². The van der Waals surface area contributed by atoms with Crippen LogP contribution >= 0.6 is 11.8 Å². The maximum absolute atomic E-state index is 13.0. The third-order valence-electron chi connectivity index (χ3n) is 3.46. The molecule has 0 saturated heterocycles. The Morgan fingerprint density at radius 1 is 1.04 bits per heavy atom. The van der Waals surface area contributed by atoms with Crippen LogP contribution in [0.25, 0.3) is 11.4 Å². The highest BCUT2D eigenvalue weighted by Crippen LogP contribution is 2.26. The van der Waals surface area contributed by atoms with E-state index in [0.29, 0.717) is 0 Å². The summed E-state index contributed by atoms with van der Waals surface area (Å²) < 4.78 is 20.1. The van der Waals surface area contributed by atoms with Crippen LogP contribution in [-0.2, 0) is 12.8 Å². The molecule has 0 aliphatic rings. The Labute approximate surface area is 138 Å². The van der Waals surface area contributed by atoms with Gasteiger partial charge < -0.3 is 9.30 Å². The molecule has 2 aromatic carbocycles. The zero-order valence-electron chi connectivity index (χ0n) is 12.9. The monoisotopic (exact) mass is 329 g/mol. The van der Waals surface area contributed by atoms with Crippen molar-refractivity contribution in [1.82, 2.24) is 14.8 Å². The molecule has 23 heavy (non-hydrogen) atoms. The van der Waals surface area contributed by atoms with Crippen molar-refractivity contribution in [3.63, 3.8) is 0 Å². The number of hydrogen-bond acceptors (Lipinski definition) is 4. The maximum Gasteiger partial charge on any atom is 0.191 e. The molecule has 1 aromatic heterocycles. The first-order chi connectivity index (χ1) is 11.2. The fourth-order valence-electron chi connectivity index (χ4n) is 2.16. The van der Waals surface area contributed by atoms with Gasteiger partial charge >= 0.3 is 0 Å². The van der Waals surface area contributed by atoms with Crippen molar-refractivity contribution in [2.24, 2.45) is 7.05 Å². The van der Waals surface area contributed by atoms with Crippen LogP contribution in [-0.4, -0.2) is 21.9 Å². The molecule has 118 valence electrons. The lowest BCUT2D eigenvalue weighted by Crippen LogP contribution is -1.95. The first-order valence-corrected chi connectivity index (χ1v) is 8.07. The maximum atomic E-state index is 13.0. The van der Waals surface area contributed by atoms with Crippen LogP contribution in [0.3, 0.4) is 0 Å². The van der Waals surface area contributed by atoms with Crippen molar-refractivity contribution in [3.8, 4) is 17.1 Å². The number of benzene rings is 2. The van der Waals surface area contributed by atoms with Gasteiger partial charge in [-0.1, -0.05) is 23.9 Å². The summed E-state index contributed by atoms with van der Waals surface area (Å²) in [4.78, 5) is 0. The normalized spacial score (nSPS) is 10.7. The van der Waals surface area contributed by atoms with E-state index >= 15 is 0 Å². The standard InChI is InChI=1S/C17H16FN3OS/c1-21-16(13-5-7-14(18)8-6-13)19-20-17(21)23-11-12-3-9-15(22-2)10-4-12/h3-10H,11H2,1-2H3. The number of hydrogen-bond donors (Lipinski definition) is 0. The minimum atomic E-state index is -0.259. The molecule has 3 rings (SSSR count). The smallest absolute Gasteiger partial charge is 0.191 e. The molecule has 0 aliphatic heterocycles. The summed E-state index contributed by atoms with van der Waals surface area (Å²) in [6, 6.07) is 14.2. The van der Waals surface area contributed by atoms with Crippen LogP contribution < -0.4 is 4.74 Å². The molecule has 0 radical (unpaired) electrons. The van der Waals surface area contributed by atoms with E-state index in [4.69, 9.17) is 4.74 Å². The van der Waals surface area contributed by atoms with E-state index in [1.165, 1.54) is 17.7 Å². The predicted molar refractivity (Wildman–Crippen MR) is 89.0 cm³/mol. The minimum Gasteiger partial charge on any atom is -0.497 e. The quantitative estimate of drug-likeness (QED) is 0.665. The Bertz CT molecular complexity index is 785. The van der Waals surface area contributed by atoms with Gasteiger partial charge in [-0.15, -0.1) is 10.2 Å². The van der Waals surface area contributed by atoms with Crippen molar-refractivity contribution in [2.75, 3.05) is 7.11 Å². The van der Waals surface area contributed by atoms with Crippen LogP contribution in [0, 0.1) is 5.82 Å². The molecule has 0 N–H and O–H groups in total. The summed E-state index contributed by atoms with van der Waals surface area (Å²) in [7, 11) is 3.56. The summed E-state index contributed by atoms with van der Waals surface area (Å²) in [5, 5.41) is 9.25. The Balaban J connectivity index is 1.72. The van der Waals surface area contributed by atoms with E-state index in [2.05, 4.69) is 10.2 Å². The van der Waals surface area contributed by atoms with Gasteiger partial charge in [-0.2, -0.15) is 0 Å². The second-order valence-electron chi connectivity index (χ2n) is 5.01. The van der Waals surface area contributed by atoms with Gasteiger partial charge in [0.2, 0.25) is 0 Å². The summed E-state index contributed by atoms with van der Waals surface area (Å²) >= 11 is 1.61. The van der Waals surface area contributed by atoms with Crippen molar-refractivity contribution in [3.05, 3.63) is 59.9 Å². The number of halogens is 1. The van der Waals surface area contributed by atoms with Crippen molar-refractivity contribution in [1.29, 1.82) is 0 Å². The third-order valence-corrected chi connectivity index (χ3v) is 4.56. The molecule has 0 unspecified atom stereocenters. The summed E-state index contributed by atoms with van der Waals surface area (Å²) in [6.45, 7) is 0. The molecule has 3 aromatic rings. The molecular formula is C17H16FN3OS. The zero-order chi connectivity index (χ0) is 16.2. The van der Waals surface area contributed by atoms with Crippen LogP contribution in [0.2, 0.25) is 0 Å². The van der Waals surface area contributed by atoms with Crippen LogP contribution in [0.4, 0.5) is 4.39 Å². The number of aromatic nitrogens is 3. The van der Waals surface area contributed by atoms with E-state index in [9.17, 15) is 4.39 Å². The number of thioether (sulfide) groups is 1. The fourth-order valence-corrected chi connectivity index (χ4v) is 3.03. The molecule has 0 bridgehead atoms. The number of nitrogens with zero attached hydrogens (tertiary/aromatic N) is 3. The lowest BCUT2D eigenvalue weighted by molar-refractivity contribution is 0.414. The molecule has 0 saturated carbocycles. The molecule has 1 heterocycles. The van der Waals surface area contributed by atoms with Crippen molar-refractivity contribution in [2.45, 2.75) is 10.9 Å². The number of methoxy groups -OCH3 is 1. The highest BCUT2D eigenvalue weighted by atomic mass is 32.2. The first kappa shape index (κ1) is 15.6. The lowest BCUT2D eigenvalue weighted by Gasteiger charge is -2.05. The molecule has 0 amide bonds. The van der Waals surface area contributed by atoms with Gasteiger partial charge in [0.15, 0.2) is 11.0 Å². The lowest BCUT2D eigenvalue weighted by atomic mass is 10.2. The summed E-state index contributed by atoms with van der Waals surface area (Å²) in [5.41, 5.74) is 2.03. The average molecular weight is 329 g/mol. The van der Waals surface area contributed by atoms with Gasteiger partial charge in [0.1, 0.15) is 11.6 Å². The highest BCUT2D eigenvalue weighted by molar-refractivity contribution is 7.98. The largest absolute Gasteiger partial charge is 0.497 e. The Morgan fingerprint density at radius 3 is 2.39 bits per heavy atom. The minimum absolute atomic E-state index is 0.259. The van der Waals surface area contributed by atoms with E-state index < -0.39 is 0 Å². The molecule has 0 aliphatic carbocycles. The van der Waals surface area contributed by atoms with E-state index in [-0.39, 0.29) is 5.82 Å². The van der Waals surface area contributed by atoms with Gasteiger partial charge in [-0.05, 0) is 42.0 Å². The number of ether oxygens (including phenoxy) is 1. The van der Waals surface area contributed by atoms with Crippen molar-refractivity contribution < 1.29 is 9.13 Å².